The summed E-state index contributed by atoms with van der Waals surface area (Å²) in [6.45, 7) is 0. The van der Waals surface area contributed by atoms with E-state index in [9.17, 15) is 0 Å². The van der Waals surface area contributed by atoms with Crippen molar-refractivity contribution in [3.05, 3.63) is 235 Å². The van der Waals surface area contributed by atoms with E-state index in [2.05, 4.69) is 212 Å². The Morgan fingerprint density at radius 1 is 0.321 bits per heavy atom. The Hall–Kier alpha value is -6.87. The van der Waals surface area contributed by atoms with Crippen molar-refractivity contribution in [3.8, 4) is 55.9 Å². The van der Waals surface area contributed by atoms with E-state index in [-0.39, 0.29) is 0 Å². The molecule has 0 unspecified atom stereocenters. The first-order valence-electron chi connectivity index (χ1n) is 19.2. The summed E-state index contributed by atoms with van der Waals surface area (Å²) in [5, 5.41) is 2.60. The van der Waals surface area contributed by atoms with Crippen molar-refractivity contribution in [1.82, 2.24) is 4.98 Å². The van der Waals surface area contributed by atoms with Gasteiger partial charge in [-0.3, -0.25) is 0 Å². The summed E-state index contributed by atoms with van der Waals surface area (Å²) in [7, 11) is 0. The minimum absolute atomic E-state index is 0.531. The van der Waals surface area contributed by atoms with Crippen LogP contribution in [0.1, 0.15) is 22.3 Å². The average molecular weight is 730 g/mol. The predicted octanol–water partition coefficient (Wildman–Crippen LogP) is 14.5. The van der Waals surface area contributed by atoms with Gasteiger partial charge in [0.05, 0.1) is 16.8 Å². The normalized spacial score (nSPS) is 12.8. The van der Waals surface area contributed by atoms with Gasteiger partial charge in [0.15, 0.2) is 0 Å². The minimum Gasteiger partial charge on any atom is -0.248 e. The molecule has 11 rings (SSSR count). The van der Waals surface area contributed by atoms with Crippen molar-refractivity contribution in [3.63, 3.8) is 0 Å². The third-order valence-corrected chi connectivity index (χ3v) is 12.7. The standard InChI is InChI=1S/C54H35NS/c1-5-17-36(18-6-1)39-31-50(37-19-7-2-8-20-37)55-51(32-39)47-35-49-46(34-45(47)38-29-30-44-43-26-14-16-28-52(43)56-53(44)33-38)42-25-13-15-27-48(42)54(49,40-21-9-3-10-22-40)41-23-11-4-12-24-41/h1-35H. The molecule has 0 saturated carbocycles. The fraction of sp³-hybridized carbons (Fsp3) is 0.0185. The average Bonchev–Trinajstić information content (AvgIpc) is 3.80. The van der Waals surface area contributed by atoms with Gasteiger partial charge in [-0.1, -0.05) is 176 Å². The van der Waals surface area contributed by atoms with Gasteiger partial charge in [0.2, 0.25) is 0 Å². The van der Waals surface area contributed by atoms with Crippen LogP contribution >= 0.6 is 11.3 Å². The number of benzene rings is 8. The largest absolute Gasteiger partial charge is 0.248 e. The minimum atomic E-state index is -0.531. The van der Waals surface area contributed by atoms with E-state index in [4.69, 9.17) is 4.98 Å². The molecule has 0 N–H and O–H groups in total. The molecule has 10 aromatic rings. The Bertz CT molecular complexity index is 2960. The zero-order valence-corrected chi connectivity index (χ0v) is 31.4. The van der Waals surface area contributed by atoms with Crippen LogP contribution in [0.15, 0.2) is 212 Å². The summed E-state index contributed by atoms with van der Waals surface area (Å²) < 4.78 is 2.59. The molecule has 0 amide bonds. The van der Waals surface area contributed by atoms with Gasteiger partial charge in [-0.25, -0.2) is 4.98 Å². The molecular weight excluding hydrogens is 695 g/mol. The number of hydrogen-bond acceptors (Lipinski definition) is 2. The van der Waals surface area contributed by atoms with E-state index in [1.165, 1.54) is 64.7 Å². The number of thiophene rings is 1. The zero-order valence-electron chi connectivity index (χ0n) is 30.6. The summed E-state index contributed by atoms with van der Waals surface area (Å²) in [4.78, 5) is 5.55. The quantitative estimate of drug-likeness (QED) is 0.166. The topological polar surface area (TPSA) is 12.9 Å². The third-order valence-electron chi connectivity index (χ3n) is 11.6. The van der Waals surface area contributed by atoms with Crippen LogP contribution in [0.4, 0.5) is 0 Å². The van der Waals surface area contributed by atoms with Crippen molar-refractivity contribution < 1.29 is 0 Å². The van der Waals surface area contributed by atoms with E-state index in [1.54, 1.807) is 0 Å². The maximum absolute atomic E-state index is 5.55. The number of rotatable bonds is 6. The first-order chi connectivity index (χ1) is 27.8. The Kier molecular flexibility index (Phi) is 7.65. The zero-order chi connectivity index (χ0) is 37.1. The van der Waals surface area contributed by atoms with Crippen molar-refractivity contribution in [1.29, 1.82) is 0 Å². The monoisotopic (exact) mass is 729 g/mol. The number of fused-ring (bicyclic) bond motifs is 6. The summed E-state index contributed by atoms with van der Waals surface area (Å²) >= 11 is 1.86. The number of pyridine rings is 1. The molecule has 0 radical (unpaired) electrons. The summed E-state index contributed by atoms with van der Waals surface area (Å²) in [5.41, 5.74) is 15.8. The Morgan fingerprint density at radius 2 is 0.911 bits per heavy atom. The molecule has 1 aliphatic carbocycles. The molecule has 1 aliphatic rings. The van der Waals surface area contributed by atoms with Crippen molar-refractivity contribution in [2.45, 2.75) is 5.41 Å². The van der Waals surface area contributed by atoms with Crippen LogP contribution in [0.5, 0.6) is 0 Å². The van der Waals surface area contributed by atoms with Gasteiger partial charge < -0.3 is 0 Å². The van der Waals surface area contributed by atoms with Gasteiger partial charge >= 0.3 is 0 Å². The molecule has 2 heterocycles. The van der Waals surface area contributed by atoms with Crippen molar-refractivity contribution >= 4 is 31.5 Å². The molecule has 2 aromatic heterocycles. The summed E-state index contributed by atoms with van der Waals surface area (Å²) in [5.74, 6) is 0. The molecule has 0 bridgehead atoms. The highest BCUT2D eigenvalue weighted by atomic mass is 32.1. The Morgan fingerprint density at radius 3 is 1.64 bits per heavy atom. The fourth-order valence-corrected chi connectivity index (χ4v) is 10.2. The first kappa shape index (κ1) is 32.6. The second-order valence-electron chi connectivity index (χ2n) is 14.6. The van der Waals surface area contributed by atoms with Gasteiger partial charge in [0.1, 0.15) is 0 Å². The van der Waals surface area contributed by atoms with E-state index < -0.39 is 5.41 Å². The van der Waals surface area contributed by atoms with Crippen LogP contribution < -0.4 is 0 Å². The number of aromatic nitrogens is 1. The smallest absolute Gasteiger partial charge is 0.0722 e. The lowest BCUT2D eigenvalue weighted by molar-refractivity contribution is 0.769. The van der Waals surface area contributed by atoms with Crippen LogP contribution in [0, 0.1) is 0 Å². The van der Waals surface area contributed by atoms with Gasteiger partial charge in [0.25, 0.3) is 0 Å². The summed E-state index contributed by atoms with van der Waals surface area (Å²) in [6, 6.07) is 77.6. The van der Waals surface area contributed by atoms with E-state index in [0.717, 1.165) is 33.6 Å². The van der Waals surface area contributed by atoms with Gasteiger partial charge in [0, 0.05) is 31.3 Å². The second-order valence-corrected chi connectivity index (χ2v) is 15.7. The van der Waals surface area contributed by atoms with Crippen LogP contribution in [0.25, 0.3) is 76.1 Å². The maximum atomic E-state index is 5.55. The van der Waals surface area contributed by atoms with Crippen LogP contribution in [-0.2, 0) is 5.41 Å². The number of hydrogen-bond donors (Lipinski definition) is 0. The molecule has 2 heteroatoms. The SMILES string of the molecule is c1ccc(-c2cc(-c3ccccc3)nc(-c3cc4c(cc3-c3ccc5c(c3)sc3ccccc35)-c3ccccc3C4(c3ccccc3)c3ccccc3)c2)cc1. The lowest BCUT2D eigenvalue weighted by atomic mass is 9.67. The van der Waals surface area contributed by atoms with E-state index in [0.29, 0.717) is 0 Å². The molecule has 0 saturated heterocycles. The number of nitrogens with zero attached hydrogens (tertiary/aromatic N) is 1. The molecule has 262 valence electrons. The lowest BCUT2D eigenvalue weighted by Crippen LogP contribution is -2.28. The molecule has 0 atom stereocenters. The second kappa shape index (κ2) is 13.2. The summed E-state index contributed by atoms with van der Waals surface area (Å²) in [6.07, 6.45) is 0. The molecule has 1 nitrogen and oxygen atoms in total. The van der Waals surface area contributed by atoms with E-state index in [1.807, 2.05) is 11.3 Å². The Balaban J connectivity index is 1.26. The third kappa shape index (κ3) is 5.11. The maximum Gasteiger partial charge on any atom is 0.0722 e. The Labute approximate surface area is 330 Å². The van der Waals surface area contributed by atoms with Gasteiger partial charge in [-0.2, -0.15) is 0 Å². The fourth-order valence-electron chi connectivity index (χ4n) is 9.05. The first-order valence-corrected chi connectivity index (χ1v) is 20.0. The molecule has 8 aromatic carbocycles. The molecule has 56 heavy (non-hydrogen) atoms. The van der Waals surface area contributed by atoms with Gasteiger partial charge in [-0.05, 0) is 92.0 Å². The van der Waals surface area contributed by atoms with E-state index >= 15 is 0 Å². The highest BCUT2D eigenvalue weighted by molar-refractivity contribution is 7.25. The van der Waals surface area contributed by atoms with Gasteiger partial charge in [-0.15, -0.1) is 11.3 Å². The molecule has 0 aliphatic heterocycles. The van der Waals surface area contributed by atoms with Crippen LogP contribution in [0.2, 0.25) is 0 Å². The van der Waals surface area contributed by atoms with Crippen molar-refractivity contribution in [2.75, 3.05) is 0 Å². The van der Waals surface area contributed by atoms with Crippen LogP contribution in [-0.4, -0.2) is 4.98 Å². The highest BCUT2D eigenvalue weighted by Crippen LogP contribution is 2.58. The predicted molar refractivity (Wildman–Crippen MR) is 236 cm³/mol. The van der Waals surface area contributed by atoms with Crippen LogP contribution in [0.3, 0.4) is 0 Å². The highest BCUT2D eigenvalue weighted by Gasteiger charge is 2.46. The lowest BCUT2D eigenvalue weighted by Gasteiger charge is -2.34. The van der Waals surface area contributed by atoms with Crippen molar-refractivity contribution in [2.24, 2.45) is 0 Å². The molecule has 0 fully saturated rings. The molecular formula is C54H35NS. The molecule has 0 spiro atoms.